The van der Waals surface area contributed by atoms with Crippen LogP contribution in [0.15, 0.2) is 22.5 Å². The zero-order valence-electron chi connectivity index (χ0n) is 14.5. The zero-order valence-corrected chi connectivity index (χ0v) is 15.3. The number of hydrogen-bond donors (Lipinski definition) is 0. The Bertz CT molecular complexity index is 713. The zero-order chi connectivity index (χ0) is 16.4. The Hall–Kier alpha value is -1.68. The Kier molecular flexibility index (Phi) is 4.81. The average Bonchev–Trinajstić information content (AvgIpc) is 3.29. The summed E-state index contributed by atoms with van der Waals surface area (Å²) in [5.74, 6) is 0.745. The molecule has 122 valence electrons. The van der Waals surface area contributed by atoms with E-state index in [0.29, 0.717) is 0 Å². The largest absolute Gasteiger partial charge is 0.366 e. The molecule has 0 amide bonds. The Morgan fingerprint density at radius 1 is 1.30 bits per heavy atom. The molecule has 0 N–H and O–H groups in total. The Morgan fingerprint density at radius 2 is 2.09 bits per heavy atom. The summed E-state index contributed by atoms with van der Waals surface area (Å²) in [5, 5.41) is 3.48. The van der Waals surface area contributed by atoms with Gasteiger partial charge in [-0.1, -0.05) is 6.07 Å². The Labute approximate surface area is 143 Å². The standard InChI is InChI=1S/C19H25N3S/c1-5-22(4)12-20-17-9-13(2)16(8-14(17)3)10-19-21-18(11-23-19)15-6-7-15/h8-9,11-12,15H,5-7,10H2,1-4H3/b20-12+. The van der Waals surface area contributed by atoms with Crippen molar-refractivity contribution >= 4 is 23.4 Å². The second-order valence-electron chi connectivity index (χ2n) is 6.50. The van der Waals surface area contributed by atoms with Gasteiger partial charge in [0.1, 0.15) is 0 Å². The molecule has 0 unspecified atom stereocenters. The van der Waals surface area contributed by atoms with Crippen molar-refractivity contribution in [2.45, 2.75) is 46.0 Å². The highest BCUT2D eigenvalue weighted by molar-refractivity contribution is 7.09. The molecule has 4 heteroatoms. The smallest absolute Gasteiger partial charge is 0.0972 e. The summed E-state index contributed by atoms with van der Waals surface area (Å²) in [5.41, 5.74) is 6.25. The van der Waals surface area contributed by atoms with Crippen LogP contribution in [-0.2, 0) is 6.42 Å². The van der Waals surface area contributed by atoms with Gasteiger partial charge < -0.3 is 4.90 Å². The average molecular weight is 327 g/mol. The first-order chi connectivity index (χ1) is 11.1. The first-order valence-corrected chi connectivity index (χ1v) is 9.23. The molecule has 1 aliphatic carbocycles. The third kappa shape index (κ3) is 3.99. The summed E-state index contributed by atoms with van der Waals surface area (Å²) >= 11 is 1.80. The van der Waals surface area contributed by atoms with Crippen LogP contribution in [-0.4, -0.2) is 29.8 Å². The molecule has 0 saturated heterocycles. The molecule has 1 aromatic carbocycles. The van der Waals surface area contributed by atoms with Crippen molar-refractivity contribution in [2.24, 2.45) is 4.99 Å². The van der Waals surface area contributed by atoms with Gasteiger partial charge in [0.05, 0.1) is 22.7 Å². The second-order valence-corrected chi connectivity index (χ2v) is 7.44. The molecule has 23 heavy (non-hydrogen) atoms. The number of thiazole rings is 1. The number of nitrogens with zero attached hydrogens (tertiary/aromatic N) is 3. The van der Waals surface area contributed by atoms with Gasteiger partial charge in [-0.2, -0.15) is 0 Å². The van der Waals surface area contributed by atoms with E-state index < -0.39 is 0 Å². The predicted octanol–water partition coefficient (Wildman–Crippen LogP) is 4.84. The fourth-order valence-electron chi connectivity index (χ4n) is 2.57. The fourth-order valence-corrected chi connectivity index (χ4v) is 3.47. The topological polar surface area (TPSA) is 28.5 Å². The van der Waals surface area contributed by atoms with E-state index in [2.05, 4.69) is 48.2 Å². The molecular weight excluding hydrogens is 302 g/mol. The lowest BCUT2D eigenvalue weighted by Crippen LogP contribution is -2.14. The van der Waals surface area contributed by atoms with E-state index >= 15 is 0 Å². The minimum atomic E-state index is 0.745. The maximum atomic E-state index is 4.81. The van der Waals surface area contributed by atoms with E-state index in [9.17, 15) is 0 Å². The highest BCUT2D eigenvalue weighted by Crippen LogP contribution is 2.40. The molecule has 3 nitrogen and oxygen atoms in total. The van der Waals surface area contributed by atoms with Crippen molar-refractivity contribution in [3.63, 3.8) is 0 Å². The number of aliphatic imine (C=N–C) groups is 1. The van der Waals surface area contributed by atoms with Crippen LogP contribution in [0.1, 0.15) is 53.1 Å². The van der Waals surface area contributed by atoms with Crippen molar-refractivity contribution in [3.05, 3.63) is 44.9 Å². The SMILES string of the molecule is CCN(C)/C=N/c1cc(C)c(Cc2nc(C3CC3)cs2)cc1C. The van der Waals surface area contributed by atoms with Crippen LogP contribution in [0.3, 0.4) is 0 Å². The molecule has 2 aromatic rings. The van der Waals surface area contributed by atoms with Gasteiger partial charge in [-0.25, -0.2) is 9.98 Å². The maximum Gasteiger partial charge on any atom is 0.0972 e. The Balaban J connectivity index is 1.77. The van der Waals surface area contributed by atoms with Crippen LogP contribution >= 0.6 is 11.3 Å². The molecule has 0 aliphatic heterocycles. The molecule has 1 aliphatic rings. The highest BCUT2D eigenvalue weighted by atomic mass is 32.1. The number of benzene rings is 1. The van der Waals surface area contributed by atoms with Crippen LogP contribution in [0.4, 0.5) is 5.69 Å². The lowest BCUT2D eigenvalue weighted by molar-refractivity contribution is 0.552. The third-order valence-electron chi connectivity index (χ3n) is 4.45. The van der Waals surface area contributed by atoms with Crippen molar-refractivity contribution in [1.29, 1.82) is 0 Å². The fraction of sp³-hybridized carbons (Fsp3) is 0.474. The first-order valence-electron chi connectivity index (χ1n) is 8.35. The maximum absolute atomic E-state index is 4.81. The monoisotopic (exact) mass is 327 g/mol. The van der Waals surface area contributed by atoms with Crippen molar-refractivity contribution in [2.75, 3.05) is 13.6 Å². The van der Waals surface area contributed by atoms with Gasteiger partial charge in [0.25, 0.3) is 0 Å². The van der Waals surface area contributed by atoms with E-state index in [-0.39, 0.29) is 0 Å². The van der Waals surface area contributed by atoms with Crippen LogP contribution in [0.5, 0.6) is 0 Å². The van der Waals surface area contributed by atoms with E-state index in [4.69, 9.17) is 4.98 Å². The number of rotatable bonds is 6. The molecule has 1 heterocycles. The van der Waals surface area contributed by atoms with Gasteiger partial charge in [0, 0.05) is 31.3 Å². The van der Waals surface area contributed by atoms with Gasteiger partial charge in [0.15, 0.2) is 0 Å². The lowest BCUT2D eigenvalue weighted by Gasteiger charge is -2.11. The molecule has 1 fully saturated rings. The molecule has 3 rings (SSSR count). The van der Waals surface area contributed by atoms with Gasteiger partial charge in [0.2, 0.25) is 0 Å². The number of aromatic nitrogens is 1. The first kappa shape index (κ1) is 16.2. The van der Waals surface area contributed by atoms with Gasteiger partial charge >= 0.3 is 0 Å². The van der Waals surface area contributed by atoms with E-state index in [1.807, 2.05) is 13.4 Å². The summed E-state index contributed by atoms with van der Waals surface area (Å²) in [4.78, 5) is 11.5. The summed E-state index contributed by atoms with van der Waals surface area (Å²) in [6, 6.07) is 4.46. The summed E-state index contributed by atoms with van der Waals surface area (Å²) < 4.78 is 0. The third-order valence-corrected chi connectivity index (χ3v) is 5.32. The van der Waals surface area contributed by atoms with Crippen molar-refractivity contribution in [3.8, 4) is 0 Å². The minimum absolute atomic E-state index is 0.745. The van der Waals surface area contributed by atoms with Crippen LogP contribution in [0, 0.1) is 13.8 Å². The normalized spacial score (nSPS) is 14.6. The van der Waals surface area contributed by atoms with E-state index in [1.54, 1.807) is 11.3 Å². The quantitative estimate of drug-likeness (QED) is 0.561. The van der Waals surface area contributed by atoms with Crippen LogP contribution in [0.25, 0.3) is 0 Å². The van der Waals surface area contributed by atoms with Gasteiger partial charge in [-0.15, -0.1) is 11.3 Å². The van der Waals surface area contributed by atoms with Gasteiger partial charge in [-0.3, -0.25) is 0 Å². The molecule has 0 bridgehead atoms. The van der Waals surface area contributed by atoms with E-state index in [0.717, 1.165) is 24.6 Å². The van der Waals surface area contributed by atoms with Crippen molar-refractivity contribution < 1.29 is 0 Å². The lowest BCUT2D eigenvalue weighted by atomic mass is 10.0. The minimum Gasteiger partial charge on any atom is -0.366 e. The summed E-state index contributed by atoms with van der Waals surface area (Å²) in [6.45, 7) is 7.40. The molecule has 0 spiro atoms. The van der Waals surface area contributed by atoms with Gasteiger partial charge in [-0.05, 0) is 56.4 Å². The van der Waals surface area contributed by atoms with E-state index in [1.165, 1.54) is 40.2 Å². The predicted molar refractivity (Wildman–Crippen MR) is 99.3 cm³/mol. The van der Waals surface area contributed by atoms with Crippen LogP contribution in [0.2, 0.25) is 0 Å². The molecule has 0 atom stereocenters. The second kappa shape index (κ2) is 6.83. The van der Waals surface area contributed by atoms with Crippen molar-refractivity contribution in [1.82, 2.24) is 9.88 Å². The number of hydrogen-bond acceptors (Lipinski definition) is 3. The molecule has 0 radical (unpaired) electrons. The van der Waals surface area contributed by atoms with Crippen LogP contribution < -0.4 is 0 Å². The molecular formula is C19H25N3S. The molecule has 1 saturated carbocycles. The Morgan fingerprint density at radius 3 is 2.78 bits per heavy atom. The molecule has 1 aromatic heterocycles. The summed E-state index contributed by atoms with van der Waals surface area (Å²) in [6.07, 6.45) is 5.48. The number of aryl methyl sites for hydroxylation is 2. The highest BCUT2D eigenvalue weighted by Gasteiger charge is 2.26. The summed E-state index contributed by atoms with van der Waals surface area (Å²) in [7, 11) is 2.04.